The summed E-state index contributed by atoms with van der Waals surface area (Å²) < 4.78 is 0. The van der Waals surface area contributed by atoms with E-state index in [0.29, 0.717) is 0 Å². The molecule has 0 bridgehead atoms. The van der Waals surface area contributed by atoms with Gasteiger partial charge in [-0.05, 0) is 22.8 Å². The molecule has 0 atom stereocenters. The predicted octanol–water partition coefficient (Wildman–Crippen LogP) is 8.30. The second kappa shape index (κ2) is 8.76. The average Bonchev–Trinajstić information content (AvgIpc) is 2.93. The van der Waals surface area contributed by atoms with Crippen LogP contribution in [-0.2, 0) is 0 Å². The monoisotopic (exact) mass is 434 g/mol. The van der Waals surface area contributed by atoms with E-state index < -0.39 is 0 Å². The fraction of sp³-hybridized carbons (Fsp3) is 0. The first kappa shape index (κ1) is 20.1. The minimum absolute atomic E-state index is 0.886. The number of nitrogens with zero attached hydrogens (tertiary/aromatic N) is 2. The summed E-state index contributed by atoms with van der Waals surface area (Å²) in [6.07, 6.45) is 0. The molecule has 0 aliphatic heterocycles. The van der Waals surface area contributed by atoms with Gasteiger partial charge in [-0.15, -0.1) is 0 Å². The molecule has 0 aliphatic rings. The molecule has 0 saturated heterocycles. The van der Waals surface area contributed by atoms with Gasteiger partial charge >= 0.3 is 0 Å². The molecule has 6 aromatic rings. The number of hydrogen-bond donors (Lipinski definition) is 0. The molecule has 1 aromatic heterocycles. The van der Waals surface area contributed by atoms with Gasteiger partial charge in [-0.1, -0.05) is 127 Å². The molecule has 1 heterocycles. The number of fused-ring (bicyclic) bond motifs is 1. The predicted molar refractivity (Wildman–Crippen MR) is 141 cm³/mol. The van der Waals surface area contributed by atoms with Crippen molar-refractivity contribution >= 4 is 11.0 Å². The topological polar surface area (TPSA) is 25.8 Å². The van der Waals surface area contributed by atoms with E-state index in [1.807, 2.05) is 36.4 Å². The van der Waals surface area contributed by atoms with Crippen molar-refractivity contribution in [1.29, 1.82) is 0 Å². The van der Waals surface area contributed by atoms with E-state index in [1.54, 1.807) is 0 Å². The Morgan fingerprint density at radius 1 is 0.353 bits per heavy atom. The van der Waals surface area contributed by atoms with Crippen molar-refractivity contribution in [2.45, 2.75) is 0 Å². The van der Waals surface area contributed by atoms with Crippen molar-refractivity contribution in [3.05, 3.63) is 133 Å². The van der Waals surface area contributed by atoms with E-state index in [2.05, 4.69) is 97.1 Å². The lowest BCUT2D eigenvalue weighted by molar-refractivity contribution is 1.29. The number of benzene rings is 5. The summed E-state index contributed by atoms with van der Waals surface area (Å²) in [7, 11) is 0. The van der Waals surface area contributed by atoms with Crippen molar-refractivity contribution in [2.75, 3.05) is 0 Å². The van der Waals surface area contributed by atoms with Crippen molar-refractivity contribution in [3.63, 3.8) is 0 Å². The first-order valence-electron chi connectivity index (χ1n) is 11.4. The highest BCUT2D eigenvalue weighted by molar-refractivity contribution is 6.02. The maximum Gasteiger partial charge on any atom is 0.0979 e. The molecular weight excluding hydrogens is 412 g/mol. The standard InChI is InChI=1S/C32H22N2/c1-5-13-23(14-6-1)27-21-22-28-32(29(27)24-15-7-2-8-16-24)34-31(26-19-11-4-12-20-26)30(33-28)25-17-9-3-10-18-25/h1-22H. The van der Waals surface area contributed by atoms with E-state index in [-0.39, 0.29) is 0 Å². The molecule has 0 saturated carbocycles. The molecule has 0 N–H and O–H groups in total. The number of hydrogen-bond acceptors (Lipinski definition) is 2. The highest BCUT2D eigenvalue weighted by Gasteiger charge is 2.18. The highest BCUT2D eigenvalue weighted by atomic mass is 14.8. The first-order chi connectivity index (χ1) is 16.9. The second-order valence-corrected chi connectivity index (χ2v) is 8.24. The van der Waals surface area contributed by atoms with Crippen LogP contribution in [-0.4, -0.2) is 9.97 Å². The lowest BCUT2D eigenvalue weighted by Crippen LogP contribution is -1.98. The van der Waals surface area contributed by atoms with Gasteiger partial charge in [-0.2, -0.15) is 0 Å². The van der Waals surface area contributed by atoms with E-state index in [4.69, 9.17) is 9.97 Å². The quantitative estimate of drug-likeness (QED) is 0.279. The minimum Gasteiger partial charge on any atom is -0.244 e. The van der Waals surface area contributed by atoms with Crippen LogP contribution in [0.5, 0.6) is 0 Å². The Bertz CT molecular complexity index is 1520. The van der Waals surface area contributed by atoms with E-state index in [1.165, 1.54) is 5.56 Å². The Kier molecular flexibility index (Phi) is 5.17. The molecule has 0 radical (unpaired) electrons. The van der Waals surface area contributed by atoms with Gasteiger partial charge < -0.3 is 0 Å². The zero-order valence-corrected chi connectivity index (χ0v) is 18.6. The summed E-state index contributed by atoms with van der Waals surface area (Å²) in [5.41, 5.74) is 10.2. The fourth-order valence-corrected chi connectivity index (χ4v) is 4.47. The largest absolute Gasteiger partial charge is 0.244 e. The van der Waals surface area contributed by atoms with Crippen LogP contribution in [0.2, 0.25) is 0 Å². The summed E-state index contributed by atoms with van der Waals surface area (Å²) in [5.74, 6) is 0. The van der Waals surface area contributed by atoms with E-state index >= 15 is 0 Å². The fourth-order valence-electron chi connectivity index (χ4n) is 4.47. The van der Waals surface area contributed by atoms with Gasteiger partial charge in [0.15, 0.2) is 0 Å². The third-order valence-corrected chi connectivity index (χ3v) is 6.08. The second-order valence-electron chi connectivity index (χ2n) is 8.24. The van der Waals surface area contributed by atoms with Gasteiger partial charge in [-0.3, -0.25) is 0 Å². The molecule has 5 aromatic carbocycles. The lowest BCUT2D eigenvalue weighted by atomic mass is 9.92. The summed E-state index contributed by atoms with van der Waals surface area (Å²) in [6, 6.07) is 45.9. The maximum absolute atomic E-state index is 5.32. The van der Waals surface area contributed by atoms with E-state index in [0.717, 1.165) is 50.2 Å². The first-order valence-corrected chi connectivity index (χ1v) is 11.4. The van der Waals surface area contributed by atoms with Crippen LogP contribution in [0.1, 0.15) is 0 Å². The third-order valence-electron chi connectivity index (χ3n) is 6.08. The Hall–Kier alpha value is -4.56. The van der Waals surface area contributed by atoms with Crippen molar-refractivity contribution in [1.82, 2.24) is 9.97 Å². The van der Waals surface area contributed by atoms with Gasteiger partial charge in [0.1, 0.15) is 0 Å². The Labute approximate surface area is 199 Å². The van der Waals surface area contributed by atoms with E-state index in [9.17, 15) is 0 Å². The normalized spacial score (nSPS) is 10.9. The molecule has 0 unspecified atom stereocenters. The van der Waals surface area contributed by atoms with Gasteiger partial charge in [0.2, 0.25) is 0 Å². The van der Waals surface area contributed by atoms with Crippen LogP contribution in [0.15, 0.2) is 133 Å². The highest BCUT2D eigenvalue weighted by Crippen LogP contribution is 2.39. The van der Waals surface area contributed by atoms with Crippen molar-refractivity contribution < 1.29 is 0 Å². The molecule has 0 aliphatic carbocycles. The summed E-state index contributed by atoms with van der Waals surface area (Å²) in [6.45, 7) is 0. The molecule has 0 fully saturated rings. The third kappa shape index (κ3) is 3.66. The van der Waals surface area contributed by atoms with Crippen LogP contribution in [0, 0.1) is 0 Å². The molecule has 160 valence electrons. The van der Waals surface area contributed by atoms with Gasteiger partial charge in [0.25, 0.3) is 0 Å². The summed E-state index contributed by atoms with van der Waals surface area (Å²) in [4.78, 5) is 10.5. The Morgan fingerprint density at radius 2 is 0.794 bits per heavy atom. The smallest absolute Gasteiger partial charge is 0.0979 e. The van der Waals surface area contributed by atoms with Crippen LogP contribution in [0.3, 0.4) is 0 Å². The molecule has 0 amide bonds. The maximum atomic E-state index is 5.32. The Balaban J connectivity index is 1.72. The molecular formula is C32H22N2. The number of aromatic nitrogens is 2. The number of rotatable bonds is 4. The molecule has 2 heteroatoms. The molecule has 6 rings (SSSR count). The molecule has 2 nitrogen and oxygen atoms in total. The zero-order valence-electron chi connectivity index (χ0n) is 18.6. The van der Waals surface area contributed by atoms with Crippen LogP contribution in [0.25, 0.3) is 55.8 Å². The Morgan fingerprint density at radius 3 is 1.32 bits per heavy atom. The minimum atomic E-state index is 0.886. The SMILES string of the molecule is c1ccc(-c2ccc3nc(-c4ccccc4)c(-c4ccccc4)nc3c2-c2ccccc2)cc1. The van der Waals surface area contributed by atoms with Crippen LogP contribution in [0.4, 0.5) is 0 Å². The van der Waals surface area contributed by atoms with Crippen LogP contribution < -0.4 is 0 Å². The zero-order chi connectivity index (χ0) is 22.7. The average molecular weight is 435 g/mol. The van der Waals surface area contributed by atoms with Crippen molar-refractivity contribution in [2.24, 2.45) is 0 Å². The van der Waals surface area contributed by atoms with Crippen molar-refractivity contribution in [3.8, 4) is 44.8 Å². The summed E-state index contributed by atoms with van der Waals surface area (Å²) in [5, 5.41) is 0. The van der Waals surface area contributed by atoms with Gasteiger partial charge in [0, 0.05) is 16.7 Å². The van der Waals surface area contributed by atoms with Crippen LogP contribution >= 0.6 is 0 Å². The van der Waals surface area contributed by atoms with Gasteiger partial charge in [0.05, 0.1) is 22.4 Å². The van der Waals surface area contributed by atoms with Gasteiger partial charge in [-0.25, -0.2) is 9.97 Å². The molecule has 0 spiro atoms. The summed E-state index contributed by atoms with van der Waals surface area (Å²) >= 11 is 0. The lowest BCUT2D eigenvalue weighted by Gasteiger charge is -2.16. The molecule has 34 heavy (non-hydrogen) atoms.